The van der Waals surface area contributed by atoms with Gasteiger partial charge in [0, 0.05) is 6.54 Å². The van der Waals surface area contributed by atoms with Gasteiger partial charge in [0.15, 0.2) is 0 Å². The minimum atomic E-state index is 0. The molecule has 1 aromatic carbocycles. The Morgan fingerprint density at radius 3 is 2.44 bits per heavy atom. The van der Waals surface area contributed by atoms with Crippen molar-refractivity contribution in [3.63, 3.8) is 0 Å². The molecule has 0 saturated carbocycles. The van der Waals surface area contributed by atoms with Gasteiger partial charge >= 0.3 is 0 Å². The average Bonchev–Trinajstić information content (AvgIpc) is 2.18. The second-order valence-corrected chi connectivity index (χ2v) is 4.92. The third-order valence-electron chi connectivity index (χ3n) is 2.21. The van der Waals surface area contributed by atoms with Crippen LogP contribution in [-0.2, 0) is 6.54 Å². The zero-order valence-corrected chi connectivity index (χ0v) is 11.9. The van der Waals surface area contributed by atoms with Gasteiger partial charge in [-0.2, -0.15) is 0 Å². The highest BCUT2D eigenvalue weighted by atomic mass is 35.5. The van der Waals surface area contributed by atoms with Crippen LogP contribution in [0.4, 0.5) is 0 Å². The van der Waals surface area contributed by atoms with Crippen molar-refractivity contribution in [3.05, 3.63) is 33.8 Å². The molecule has 0 aliphatic heterocycles. The zero-order valence-electron chi connectivity index (χ0n) is 9.59. The normalized spacial score (nSPS) is 10.3. The summed E-state index contributed by atoms with van der Waals surface area (Å²) in [5.41, 5.74) is 1.17. The molecule has 0 aliphatic rings. The molecule has 0 amide bonds. The Morgan fingerprint density at radius 2 is 1.88 bits per heavy atom. The van der Waals surface area contributed by atoms with Crippen LogP contribution >= 0.6 is 35.6 Å². The van der Waals surface area contributed by atoms with E-state index in [0.29, 0.717) is 10.0 Å². The fourth-order valence-corrected chi connectivity index (χ4v) is 1.59. The van der Waals surface area contributed by atoms with Crippen molar-refractivity contribution in [1.82, 2.24) is 5.32 Å². The van der Waals surface area contributed by atoms with Crippen molar-refractivity contribution in [2.24, 2.45) is 5.92 Å². The first kappa shape index (κ1) is 16.1. The van der Waals surface area contributed by atoms with Gasteiger partial charge in [0.25, 0.3) is 0 Å². The lowest BCUT2D eigenvalue weighted by Gasteiger charge is -2.07. The Bertz CT molecular complexity index is 313. The van der Waals surface area contributed by atoms with Crippen LogP contribution in [0, 0.1) is 5.92 Å². The molecule has 1 N–H and O–H groups in total. The summed E-state index contributed by atoms with van der Waals surface area (Å²) in [6, 6.07) is 5.74. The van der Waals surface area contributed by atoms with E-state index in [2.05, 4.69) is 19.2 Å². The third kappa shape index (κ3) is 5.95. The lowest BCUT2D eigenvalue weighted by atomic mass is 10.1. The molecular formula is C12H18Cl3N. The predicted octanol–water partition coefficient (Wildman–Crippen LogP) is 4.55. The van der Waals surface area contributed by atoms with Crippen LogP contribution < -0.4 is 5.32 Å². The van der Waals surface area contributed by atoms with Gasteiger partial charge in [-0.3, -0.25) is 0 Å². The fourth-order valence-electron chi connectivity index (χ4n) is 1.27. The van der Waals surface area contributed by atoms with Gasteiger partial charge in [-0.05, 0) is 36.6 Å². The van der Waals surface area contributed by atoms with Gasteiger partial charge in [0.05, 0.1) is 10.0 Å². The summed E-state index contributed by atoms with van der Waals surface area (Å²) in [7, 11) is 0. The van der Waals surface area contributed by atoms with Gasteiger partial charge in [0.1, 0.15) is 0 Å². The molecule has 0 atom stereocenters. The highest BCUT2D eigenvalue weighted by molar-refractivity contribution is 6.42. The van der Waals surface area contributed by atoms with Gasteiger partial charge < -0.3 is 5.32 Å². The summed E-state index contributed by atoms with van der Waals surface area (Å²) in [6.45, 7) is 6.34. The SMILES string of the molecule is CC(C)CCNCc1ccc(Cl)c(Cl)c1.Cl. The lowest BCUT2D eigenvalue weighted by Crippen LogP contribution is -2.16. The van der Waals surface area contributed by atoms with E-state index in [1.807, 2.05) is 18.2 Å². The van der Waals surface area contributed by atoms with Gasteiger partial charge in [-0.25, -0.2) is 0 Å². The maximum Gasteiger partial charge on any atom is 0.0595 e. The van der Waals surface area contributed by atoms with E-state index in [0.717, 1.165) is 19.0 Å². The molecule has 1 nitrogen and oxygen atoms in total. The summed E-state index contributed by atoms with van der Waals surface area (Å²) in [6.07, 6.45) is 1.20. The lowest BCUT2D eigenvalue weighted by molar-refractivity contribution is 0.537. The van der Waals surface area contributed by atoms with Crippen LogP contribution in [0.5, 0.6) is 0 Å². The molecule has 0 saturated heterocycles. The van der Waals surface area contributed by atoms with E-state index in [9.17, 15) is 0 Å². The minimum Gasteiger partial charge on any atom is -0.313 e. The number of nitrogens with one attached hydrogen (secondary N) is 1. The number of halogens is 3. The van der Waals surface area contributed by atoms with Crippen molar-refractivity contribution in [1.29, 1.82) is 0 Å². The first-order valence-electron chi connectivity index (χ1n) is 5.24. The number of hydrogen-bond donors (Lipinski definition) is 1. The predicted molar refractivity (Wildman–Crippen MR) is 74.9 cm³/mol. The van der Waals surface area contributed by atoms with E-state index < -0.39 is 0 Å². The molecule has 0 radical (unpaired) electrons. The van der Waals surface area contributed by atoms with Crippen LogP contribution in [0.3, 0.4) is 0 Å². The summed E-state index contributed by atoms with van der Waals surface area (Å²) in [5.74, 6) is 0.742. The first-order chi connectivity index (χ1) is 7.09. The van der Waals surface area contributed by atoms with E-state index in [1.165, 1.54) is 12.0 Å². The summed E-state index contributed by atoms with van der Waals surface area (Å²) >= 11 is 11.7. The van der Waals surface area contributed by atoms with E-state index in [-0.39, 0.29) is 12.4 Å². The second kappa shape index (κ2) is 8.19. The molecule has 1 aromatic rings. The van der Waals surface area contributed by atoms with Gasteiger partial charge in [-0.1, -0.05) is 43.1 Å². The first-order valence-corrected chi connectivity index (χ1v) is 6.00. The maximum absolute atomic E-state index is 5.92. The zero-order chi connectivity index (χ0) is 11.3. The molecule has 0 heterocycles. The van der Waals surface area contributed by atoms with Gasteiger partial charge in [0.2, 0.25) is 0 Å². The topological polar surface area (TPSA) is 12.0 Å². The highest BCUT2D eigenvalue weighted by Crippen LogP contribution is 2.22. The molecular weight excluding hydrogens is 264 g/mol. The van der Waals surface area contributed by atoms with Crippen LogP contribution in [0.15, 0.2) is 18.2 Å². The van der Waals surface area contributed by atoms with Crippen molar-refractivity contribution < 1.29 is 0 Å². The molecule has 4 heteroatoms. The van der Waals surface area contributed by atoms with Crippen molar-refractivity contribution in [3.8, 4) is 0 Å². The Labute approximate surface area is 114 Å². The van der Waals surface area contributed by atoms with Crippen molar-refractivity contribution in [2.45, 2.75) is 26.8 Å². The largest absolute Gasteiger partial charge is 0.313 e. The second-order valence-electron chi connectivity index (χ2n) is 4.11. The van der Waals surface area contributed by atoms with Crippen molar-refractivity contribution in [2.75, 3.05) is 6.54 Å². The summed E-state index contributed by atoms with van der Waals surface area (Å²) in [4.78, 5) is 0. The Kier molecular flexibility index (Phi) is 8.21. The average molecular weight is 283 g/mol. The molecule has 0 spiro atoms. The molecule has 0 bridgehead atoms. The molecule has 92 valence electrons. The number of rotatable bonds is 5. The van der Waals surface area contributed by atoms with Crippen LogP contribution in [0.2, 0.25) is 10.0 Å². The van der Waals surface area contributed by atoms with Crippen LogP contribution in [0.1, 0.15) is 25.8 Å². The highest BCUT2D eigenvalue weighted by Gasteiger charge is 1.99. The summed E-state index contributed by atoms with van der Waals surface area (Å²) < 4.78 is 0. The number of benzene rings is 1. The Morgan fingerprint density at radius 1 is 1.19 bits per heavy atom. The molecule has 0 aliphatic carbocycles. The van der Waals surface area contributed by atoms with Crippen LogP contribution in [0.25, 0.3) is 0 Å². The molecule has 1 rings (SSSR count). The monoisotopic (exact) mass is 281 g/mol. The molecule has 0 aromatic heterocycles. The quantitative estimate of drug-likeness (QED) is 0.781. The Balaban J connectivity index is 0.00000225. The summed E-state index contributed by atoms with van der Waals surface area (Å²) in [5, 5.41) is 4.62. The van der Waals surface area contributed by atoms with E-state index in [4.69, 9.17) is 23.2 Å². The van der Waals surface area contributed by atoms with Gasteiger partial charge in [-0.15, -0.1) is 12.4 Å². The van der Waals surface area contributed by atoms with Crippen LogP contribution in [-0.4, -0.2) is 6.54 Å². The van der Waals surface area contributed by atoms with E-state index in [1.54, 1.807) is 0 Å². The molecule has 0 fully saturated rings. The number of hydrogen-bond acceptors (Lipinski definition) is 1. The smallest absolute Gasteiger partial charge is 0.0595 e. The minimum absolute atomic E-state index is 0. The fraction of sp³-hybridized carbons (Fsp3) is 0.500. The molecule has 16 heavy (non-hydrogen) atoms. The maximum atomic E-state index is 5.92. The standard InChI is InChI=1S/C12H17Cl2N.ClH/c1-9(2)5-6-15-8-10-3-4-11(13)12(14)7-10;/h3-4,7,9,15H,5-6,8H2,1-2H3;1H. The van der Waals surface area contributed by atoms with E-state index >= 15 is 0 Å². The third-order valence-corrected chi connectivity index (χ3v) is 2.95. The molecule has 0 unspecified atom stereocenters. The van der Waals surface area contributed by atoms with Crippen molar-refractivity contribution >= 4 is 35.6 Å². The Hall–Kier alpha value is 0.0500.